The molecule has 0 aliphatic carbocycles. The van der Waals surface area contributed by atoms with Crippen LogP contribution in [0.2, 0.25) is 0 Å². The lowest BCUT2D eigenvalue weighted by Crippen LogP contribution is -2.47. The van der Waals surface area contributed by atoms with E-state index in [1.54, 1.807) is 0 Å². The van der Waals surface area contributed by atoms with Gasteiger partial charge in [-0.3, -0.25) is 4.90 Å². The molecule has 2 heterocycles. The lowest BCUT2D eigenvalue weighted by Gasteiger charge is -2.37. The molecule has 0 bridgehead atoms. The molecule has 4 nitrogen and oxygen atoms in total. The molecule has 0 saturated carbocycles. The molecule has 2 rings (SSSR count). The first-order valence-corrected chi connectivity index (χ1v) is 7.22. The van der Waals surface area contributed by atoms with E-state index in [1.165, 1.54) is 5.56 Å². The first kappa shape index (κ1) is 14.6. The van der Waals surface area contributed by atoms with Gasteiger partial charge in [0.15, 0.2) is 0 Å². The lowest BCUT2D eigenvalue weighted by atomic mass is 10.1. The van der Waals surface area contributed by atoms with E-state index in [2.05, 4.69) is 37.1 Å². The van der Waals surface area contributed by atoms with Gasteiger partial charge in [-0.1, -0.05) is 6.92 Å². The summed E-state index contributed by atoms with van der Waals surface area (Å²) in [6.07, 6.45) is 3.02. The molecule has 1 fully saturated rings. The van der Waals surface area contributed by atoms with Gasteiger partial charge >= 0.3 is 0 Å². The highest BCUT2D eigenvalue weighted by Crippen LogP contribution is 2.19. The monoisotopic (exact) mass is 266 g/mol. The minimum Gasteiger partial charge on any atom is -0.468 e. The highest BCUT2D eigenvalue weighted by Gasteiger charge is 2.27. The second-order valence-electron chi connectivity index (χ2n) is 5.92. The Labute approximate surface area is 116 Å². The number of furan rings is 1. The van der Waals surface area contributed by atoms with Crippen molar-refractivity contribution in [1.29, 1.82) is 0 Å². The number of morpholine rings is 1. The molecular formula is C15H26N2O2. The van der Waals surface area contributed by atoms with E-state index in [1.807, 2.05) is 6.26 Å². The Kier molecular flexibility index (Phi) is 5.02. The first-order valence-electron chi connectivity index (χ1n) is 7.22. The van der Waals surface area contributed by atoms with E-state index >= 15 is 0 Å². The van der Waals surface area contributed by atoms with Crippen LogP contribution in [0.3, 0.4) is 0 Å². The second kappa shape index (κ2) is 6.55. The van der Waals surface area contributed by atoms with E-state index in [9.17, 15) is 0 Å². The largest absolute Gasteiger partial charge is 0.468 e. The number of nitrogens with zero attached hydrogens (tertiary/aromatic N) is 1. The molecule has 0 aromatic carbocycles. The zero-order valence-corrected chi connectivity index (χ0v) is 12.4. The minimum absolute atomic E-state index is 0.0453. The average Bonchev–Trinajstić information content (AvgIpc) is 2.76. The van der Waals surface area contributed by atoms with Crippen molar-refractivity contribution in [2.75, 3.05) is 26.2 Å². The van der Waals surface area contributed by atoms with Crippen molar-refractivity contribution in [3.63, 3.8) is 0 Å². The molecule has 1 aromatic heterocycles. The third-order valence-corrected chi connectivity index (χ3v) is 3.35. The summed E-state index contributed by atoms with van der Waals surface area (Å²) >= 11 is 0. The van der Waals surface area contributed by atoms with Crippen LogP contribution in [-0.4, -0.2) is 36.7 Å². The van der Waals surface area contributed by atoms with Crippen molar-refractivity contribution in [1.82, 2.24) is 10.2 Å². The van der Waals surface area contributed by atoms with Crippen LogP contribution in [-0.2, 0) is 17.8 Å². The number of rotatable bonds is 6. The van der Waals surface area contributed by atoms with Crippen LogP contribution in [0, 0.1) is 0 Å². The lowest BCUT2D eigenvalue weighted by molar-refractivity contribution is -0.0894. The first-order chi connectivity index (χ1) is 9.09. The molecule has 0 atom stereocenters. The van der Waals surface area contributed by atoms with Crippen LogP contribution in [0.1, 0.15) is 38.5 Å². The zero-order valence-electron chi connectivity index (χ0n) is 12.4. The molecule has 108 valence electrons. The fourth-order valence-corrected chi connectivity index (χ4v) is 2.48. The van der Waals surface area contributed by atoms with Gasteiger partial charge < -0.3 is 14.5 Å². The Morgan fingerprint density at radius 3 is 3.00 bits per heavy atom. The Balaban J connectivity index is 1.82. The van der Waals surface area contributed by atoms with Gasteiger partial charge in [0.25, 0.3) is 0 Å². The third-order valence-electron chi connectivity index (χ3n) is 3.35. The van der Waals surface area contributed by atoms with Crippen LogP contribution in [0.15, 0.2) is 16.7 Å². The summed E-state index contributed by atoms with van der Waals surface area (Å²) in [5, 5.41) is 3.39. The molecule has 0 amide bonds. The van der Waals surface area contributed by atoms with Crippen molar-refractivity contribution in [3.8, 4) is 0 Å². The zero-order chi connectivity index (χ0) is 13.7. The van der Waals surface area contributed by atoms with Crippen LogP contribution < -0.4 is 5.32 Å². The number of hydrogen-bond donors (Lipinski definition) is 1. The maximum absolute atomic E-state index is 5.72. The van der Waals surface area contributed by atoms with Crippen molar-refractivity contribution < 1.29 is 9.15 Å². The van der Waals surface area contributed by atoms with Crippen molar-refractivity contribution in [2.24, 2.45) is 0 Å². The standard InChI is InChI=1S/C15H26N2O2/c1-4-5-16-9-13-8-14(18-11-13)10-17-6-7-19-15(2,3)12-17/h8,11,16H,4-7,9-10,12H2,1-3H3. The van der Waals surface area contributed by atoms with Gasteiger partial charge in [0.2, 0.25) is 0 Å². The highest BCUT2D eigenvalue weighted by atomic mass is 16.5. The molecule has 19 heavy (non-hydrogen) atoms. The minimum atomic E-state index is -0.0453. The Hall–Kier alpha value is -0.840. The average molecular weight is 266 g/mol. The molecular weight excluding hydrogens is 240 g/mol. The molecule has 1 N–H and O–H groups in total. The molecule has 4 heteroatoms. The van der Waals surface area contributed by atoms with E-state index in [0.29, 0.717) is 0 Å². The van der Waals surface area contributed by atoms with Crippen LogP contribution in [0.25, 0.3) is 0 Å². The third kappa shape index (κ3) is 4.64. The fraction of sp³-hybridized carbons (Fsp3) is 0.733. The molecule has 0 unspecified atom stereocenters. The number of ether oxygens (including phenoxy) is 1. The normalized spacial score (nSPS) is 19.7. The smallest absolute Gasteiger partial charge is 0.118 e. The summed E-state index contributed by atoms with van der Waals surface area (Å²) in [5.74, 6) is 1.05. The molecule has 0 radical (unpaired) electrons. The Morgan fingerprint density at radius 2 is 2.26 bits per heavy atom. The van der Waals surface area contributed by atoms with Gasteiger partial charge in [-0.05, 0) is 32.9 Å². The van der Waals surface area contributed by atoms with Crippen LogP contribution >= 0.6 is 0 Å². The summed E-state index contributed by atoms with van der Waals surface area (Å²) in [7, 11) is 0. The molecule has 1 aliphatic heterocycles. The number of nitrogens with one attached hydrogen (secondary N) is 1. The van der Waals surface area contributed by atoms with Crippen LogP contribution in [0.4, 0.5) is 0 Å². The molecule has 1 aromatic rings. The molecule has 0 spiro atoms. The van der Waals surface area contributed by atoms with Crippen molar-refractivity contribution in [3.05, 3.63) is 23.7 Å². The summed E-state index contributed by atoms with van der Waals surface area (Å²) < 4.78 is 11.4. The summed E-state index contributed by atoms with van der Waals surface area (Å²) in [4.78, 5) is 2.39. The van der Waals surface area contributed by atoms with Crippen LogP contribution in [0.5, 0.6) is 0 Å². The summed E-state index contributed by atoms with van der Waals surface area (Å²) in [6.45, 7) is 12.0. The second-order valence-corrected chi connectivity index (χ2v) is 5.92. The maximum atomic E-state index is 5.72. The van der Waals surface area contributed by atoms with Gasteiger partial charge in [0, 0.05) is 25.2 Å². The van der Waals surface area contributed by atoms with E-state index < -0.39 is 0 Å². The van der Waals surface area contributed by atoms with Gasteiger partial charge in [-0.25, -0.2) is 0 Å². The van der Waals surface area contributed by atoms with Gasteiger partial charge in [-0.2, -0.15) is 0 Å². The van der Waals surface area contributed by atoms with E-state index in [-0.39, 0.29) is 5.60 Å². The highest BCUT2D eigenvalue weighted by molar-refractivity contribution is 5.12. The molecule has 1 aliphatic rings. The van der Waals surface area contributed by atoms with Gasteiger partial charge in [0.05, 0.1) is 25.0 Å². The maximum Gasteiger partial charge on any atom is 0.118 e. The topological polar surface area (TPSA) is 37.6 Å². The SMILES string of the molecule is CCCNCc1coc(CN2CCOC(C)(C)C2)c1. The predicted molar refractivity (Wildman–Crippen MR) is 76.0 cm³/mol. The van der Waals surface area contributed by atoms with E-state index in [4.69, 9.17) is 9.15 Å². The van der Waals surface area contributed by atoms with Gasteiger partial charge in [0.1, 0.15) is 5.76 Å². The Bertz CT molecular complexity index is 387. The van der Waals surface area contributed by atoms with Crippen molar-refractivity contribution >= 4 is 0 Å². The predicted octanol–water partition coefficient (Wildman–Crippen LogP) is 2.39. The van der Waals surface area contributed by atoms with E-state index in [0.717, 1.165) is 51.5 Å². The summed E-state index contributed by atoms with van der Waals surface area (Å²) in [5.41, 5.74) is 1.19. The van der Waals surface area contributed by atoms with Crippen molar-refractivity contribution in [2.45, 2.75) is 45.9 Å². The quantitative estimate of drug-likeness (QED) is 0.802. The fourth-order valence-electron chi connectivity index (χ4n) is 2.48. The number of hydrogen-bond acceptors (Lipinski definition) is 4. The molecule has 1 saturated heterocycles. The van der Waals surface area contributed by atoms with Gasteiger partial charge in [-0.15, -0.1) is 0 Å². The Morgan fingerprint density at radius 1 is 1.42 bits per heavy atom. The summed E-state index contributed by atoms with van der Waals surface area (Å²) in [6, 6.07) is 2.16.